The maximum atomic E-state index is 11.3. The average Bonchev–Trinajstić information content (AvgIpc) is 2.51. The minimum atomic E-state index is -1.12. The Morgan fingerprint density at radius 3 is 2.71 bits per heavy atom. The lowest BCUT2D eigenvalue weighted by atomic mass is 10.3. The van der Waals surface area contributed by atoms with Crippen molar-refractivity contribution in [3.8, 4) is 0 Å². The van der Waals surface area contributed by atoms with Gasteiger partial charge in [0.15, 0.2) is 0 Å². The number of carbonyl (C=O) groups is 2. The van der Waals surface area contributed by atoms with Crippen LogP contribution in [-0.4, -0.2) is 23.0 Å². The van der Waals surface area contributed by atoms with Crippen molar-refractivity contribution >= 4 is 23.5 Å². The number of halogens is 1. The molecule has 1 rings (SSSR count). The quantitative estimate of drug-likeness (QED) is 0.796. The van der Waals surface area contributed by atoms with Crippen LogP contribution >= 0.6 is 11.6 Å². The predicted octanol–water partition coefficient (Wildman–Crippen LogP) is 1.14. The summed E-state index contributed by atoms with van der Waals surface area (Å²) >= 11 is 5.60. The van der Waals surface area contributed by atoms with E-state index < -0.39 is 17.9 Å². The summed E-state index contributed by atoms with van der Waals surface area (Å²) in [6.07, 6.45) is 1.25. The Balaban J connectivity index is 2.69. The summed E-state index contributed by atoms with van der Waals surface area (Å²) in [6.45, 7) is 1.34. The molecule has 0 saturated heterocycles. The van der Waals surface area contributed by atoms with E-state index in [-0.39, 0.29) is 10.8 Å². The van der Waals surface area contributed by atoms with Crippen LogP contribution in [0.5, 0.6) is 0 Å². The van der Waals surface area contributed by atoms with Gasteiger partial charge < -0.3 is 14.8 Å². The van der Waals surface area contributed by atoms with E-state index in [1.54, 1.807) is 0 Å². The Morgan fingerprint density at radius 1 is 1.64 bits per heavy atom. The number of amides is 1. The van der Waals surface area contributed by atoms with Crippen LogP contribution in [0.15, 0.2) is 16.7 Å². The number of hydrogen-bond donors (Lipinski definition) is 2. The molecule has 76 valence electrons. The van der Waals surface area contributed by atoms with Crippen molar-refractivity contribution < 1.29 is 19.1 Å². The first-order chi connectivity index (χ1) is 6.52. The Hall–Kier alpha value is -1.49. The van der Waals surface area contributed by atoms with Crippen molar-refractivity contribution in [3.63, 3.8) is 0 Å². The van der Waals surface area contributed by atoms with Gasteiger partial charge in [-0.3, -0.25) is 9.59 Å². The van der Waals surface area contributed by atoms with Crippen molar-refractivity contribution in [1.29, 1.82) is 0 Å². The number of aliphatic carboxylic acids is 1. The van der Waals surface area contributed by atoms with Crippen molar-refractivity contribution in [1.82, 2.24) is 5.32 Å². The third-order valence-corrected chi connectivity index (χ3v) is 1.84. The number of hydrogen-bond acceptors (Lipinski definition) is 3. The van der Waals surface area contributed by atoms with Crippen LogP contribution in [-0.2, 0) is 4.79 Å². The standard InChI is InChI=1S/C8H8ClNO4/c1-4(8(12)13)10-7(11)6-5(9)2-3-14-6/h2-4H,1H3,(H,10,11)(H,12,13)/t4-/m0/s1. The van der Waals surface area contributed by atoms with Crippen molar-refractivity contribution in [2.24, 2.45) is 0 Å². The molecule has 14 heavy (non-hydrogen) atoms. The molecule has 0 aromatic carbocycles. The maximum absolute atomic E-state index is 11.3. The fourth-order valence-corrected chi connectivity index (χ4v) is 0.961. The van der Waals surface area contributed by atoms with E-state index >= 15 is 0 Å². The molecule has 0 aliphatic heterocycles. The molecule has 0 saturated carbocycles. The number of furan rings is 1. The zero-order valence-corrected chi connectivity index (χ0v) is 8.04. The molecular weight excluding hydrogens is 210 g/mol. The third kappa shape index (κ3) is 2.26. The molecule has 0 spiro atoms. The highest BCUT2D eigenvalue weighted by atomic mass is 35.5. The summed E-state index contributed by atoms with van der Waals surface area (Å²) < 4.78 is 4.77. The molecule has 0 aliphatic rings. The fourth-order valence-electron chi connectivity index (χ4n) is 0.780. The molecule has 1 amide bonds. The number of carboxylic acid groups (broad SMARTS) is 1. The minimum Gasteiger partial charge on any atom is -0.480 e. The zero-order valence-electron chi connectivity index (χ0n) is 7.28. The second-order valence-electron chi connectivity index (χ2n) is 2.63. The molecule has 0 fully saturated rings. The van der Waals surface area contributed by atoms with E-state index in [0.717, 1.165) is 0 Å². The van der Waals surface area contributed by atoms with Gasteiger partial charge in [0.2, 0.25) is 5.76 Å². The highest BCUT2D eigenvalue weighted by molar-refractivity contribution is 6.33. The Bertz CT molecular complexity index is 360. The van der Waals surface area contributed by atoms with Crippen LogP contribution in [0.2, 0.25) is 5.02 Å². The van der Waals surface area contributed by atoms with Gasteiger partial charge in [0.25, 0.3) is 5.91 Å². The van der Waals surface area contributed by atoms with E-state index in [2.05, 4.69) is 5.32 Å². The lowest BCUT2D eigenvalue weighted by Gasteiger charge is -2.07. The summed E-state index contributed by atoms with van der Waals surface area (Å²) in [6, 6.07) is 0.422. The molecule has 6 heteroatoms. The largest absolute Gasteiger partial charge is 0.480 e. The van der Waals surface area contributed by atoms with E-state index in [0.29, 0.717) is 0 Å². The molecule has 1 aromatic heterocycles. The number of carboxylic acids is 1. The van der Waals surface area contributed by atoms with E-state index in [9.17, 15) is 9.59 Å². The molecule has 1 heterocycles. The smallest absolute Gasteiger partial charge is 0.325 e. The molecule has 0 unspecified atom stereocenters. The Kier molecular flexibility index (Phi) is 3.14. The predicted molar refractivity (Wildman–Crippen MR) is 48.3 cm³/mol. The highest BCUT2D eigenvalue weighted by Crippen LogP contribution is 2.16. The lowest BCUT2D eigenvalue weighted by Crippen LogP contribution is -2.38. The minimum absolute atomic E-state index is 0.0835. The summed E-state index contributed by atoms with van der Waals surface area (Å²) in [5, 5.41) is 10.9. The maximum Gasteiger partial charge on any atom is 0.325 e. The second kappa shape index (κ2) is 4.15. The van der Waals surface area contributed by atoms with Gasteiger partial charge in [0.1, 0.15) is 6.04 Å². The van der Waals surface area contributed by atoms with Crippen LogP contribution in [0.3, 0.4) is 0 Å². The van der Waals surface area contributed by atoms with Crippen LogP contribution in [0, 0.1) is 0 Å². The fraction of sp³-hybridized carbons (Fsp3) is 0.250. The van der Waals surface area contributed by atoms with Gasteiger partial charge >= 0.3 is 5.97 Å². The molecule has 5 nitrogen and oxygen atoms in total. The number of carbonyl (C=O) groups excluding carboxylic acids is 1. The molecule has 0 bridgehead atoms. The van der Waals surface area contributed by atoms with E-state index in [4.69, 9.17) is 21.1 Å². The molecular formula is C8H8ClNO4. The SMILES string of the molecule is C[C@H](NC(=O)c1occc1Cl)C(=O)O. The highest BCUT2D eigenvalue weighted by Gasteiger charge is 2.19. The Labute approximate surface area is 84.7 Å². The van der Waals surface area contributed by atoms with Crippen LogP contribution < -0.4 is 5.32 Å². The summed E-state index contributed by atoms with van der Waals surface area (Å²) in [5.74, 6) is -1.85. The van der Waals surface area contributed by atoms with Gasteiger partial charge in [-0.25, -0.2) is 0 Å². The molecule has 1 aromatic rings. The first-order valence-corrected chi connectivity index (χ1v) is 4.17. The normalized spacial score (nSPS) is 12.1. The lowest BCUT2D eigenvalue weighted by molar-refractivity contribution is -0.138. The van der Waals surface area contributed by atoms with Crippen LogP contribution in [0.4, 0.5) is 0 Å². The summed E-state index contributed by atoms with van der Waals surface area (Å²) in [5.41, 5.74) is 0. The average molecular weight is 218 g/mol. The molecule has 0 aliphatic carbocycles. The third-order valence-electron chi connectivity index (χ3n) is 1.54. The molecule has 1 atom stereocenters. The first-order valence-electron chi connectivity index (χ1n) is 3.79. The molecule has 0 radical (unpaired) electrons. The number of rotatable bonds is 3. The van der Waals surface area contributed by atoms with Crippen molar-refractivity contribution in [2.45, 2.75) is 13.0 Å². The van der Waals surface area contributed by atoms with E-state index in [1.165, 1.54) is 19.3 Å². The summed E-state index contributed by atoms with van der Waals surface area (Å²) in [7, 11) is 0. The Morgan fingerprint density at radius 2 is 2.29 bits per heavy atom. The van der Waals surface area contributed by atoms with Crippen molar-refractivity contribution in [2.75, 3.05) is 0 Å². The van der Waals surface area contributed by atoms with E-state index in [1.807, 2.05) is 0 Å². The van der Waals surface area contributed by atoms with Gasteiger partial charge in [0.05, 0.1) is 11.3 Å². The second-order valence-corrected chi connectivity index (χ2v) is 3.04. The first kappa shape index (κ1) is 10.6. The van der Waals surface area contributed by atoms with Gasteiger partial charge in [-0.05, 0) is 13.0 Å². The molecule has 2 N–H and O–H groups in total. The van der Waals surface area contributed by atoms with Crippen LogP contribution in [0.25, 0.3) is 0 Å². The topological polar surface area (TPSA) is 79.5 Å². The van der Waals surface area contributed by atoms with Gasteiger partial charge in [-0.15, -0.1) is 0 Å². The van der Waals surface area contributed by atoms with Crippen LogP contribution in [0.1, 0.15) is 17.5 Å². The van der Waals surface area contributed by atoms with Gasteiger partial charge in [0, 0.05) is 0 Å². The zero-order chi connectivity index (χ0) is 10.7. The summed E-state index contributed by atoms with van der Waals surface area (Å²) in [4.78, 5) is 21.7. The van der Waals surface area contributed by atoms with Gasteiger partial charge in [-0.1, -0.05) is 11.6 Å². The number of nitrogens with one attached hydrogen (secondary N) is 1. The monoisotopic (exact) mass is 217 g/mol. The van der Waals surface area contributed by atoms with Crippen molar-refractivity contribution in [3.05, 3.63) is 23.1 Å². The van der Waals surface area contributed by atoms with Gasteiger partial charge in [-0.2, -0.15) is 0 Å².